The summed E-state index contributed by atoms with van der Waals surface area (Å²) in [5.74, 6) is 6.84. The third-order valence-corrected chi connectivity index (χ3v) is 4.42. The van der Waals surface area contributed by atoms with Crippen LogP contribution < -0.4 is 11.3 Å². The normalized spacial score (nSPS) is 15.4. The van der Waals surface area contributed by atoms with E-state index in [1.54, 1.807) is 0 Å². The summed E-state index contributed by atoms with van der Waals surface area (Å²) >= 11 is 0. The Balaban J connectivity index is 2.40. The Labute approximate surface area is 128 Å². The Kier molecular flexibility index (Phi) is 5.54. The van der Waals surface area contributed by atoms with Crippen LogP contribution in [-0.2, 0) is 0 Å². The highest BCUT2D eigenvalue weighted by Gasteiger charge is 2.27. The number of rotatable bonds is 6. The molecule has 3 N–H and O–H groups in total. The molecule has 21 heavy (non-hydrogen) atoms. The molecule has 2 rings (SSSR count). The molecule has 0 radical (unpaired) electrons. The van der Waals surface area contributed by atoms with Crippen LogP contribution in [0.2, 0.25) is 0 Å². The van der Waals surface area contributed by atoms with Gasteiger partial charge in [0, 0.05) is 5.92 Å². The highest BCUT2D eigenvalue weighted by Crippen LogP contribution is 2.37. The molecule has 0 saturated heterocycles. The fourth-order valence-electron chi connectivity index (χ4n) is 2.96. The zero-order valence-electron chi connectivity index (χ0n) is 13.2. The van der Waals surface area contributed by atoms with Crippen molar-refractivity contribution in [1.82, 2.24) is 5.43 Å². The van der Waals surface area contributed by atoms with Crippen molar-refractivity contribution in [2.45, 2.75) is 39.2 Å². The molecule has 0 aliphatic rings. The van der Waals surface area contributed by atoms with Gasteiger partial charge >= 0.3 is 0 Å². The molecular weight excluding hydrogens is 256 g/mol. The van der Waals surface area contributed by atoms with Crippen molar-refractivity contribution in [3.8, 4) is 0 Å². The largest absolute Gasteiger partial charge is 0.271 e. The molecule has 0 bridgehead atoms. The number of hydrazine groups is 1. The third kappa shape index (κ3) is 3.72. The van der Waals surface area contributed by atoms with E-state index in [4.69, 9.17) is 5.84 Å². The molecule has 112 valence electrons. The zero-order chi connectivity index (χ0) is 15.2. The average Bonchev–Trinajstić information content (AvgIpc) is 2.53. The first-order chi connectivity index (χ1) is 10.2. The van der Waals surface area contributed by atoms with Gasteiger partial charge in [0.25, 0.3) is 0 Å². The molecule has 3 atom stereocenters. The van der Waals surface area contributed by atoms with Crippen molar-refractivity contribution < 1.29 is 0 Å². The minimum atomic E-state index is 0.128. The first-order valence-electron chi connectivity index (χ1n) is 7.75. The van der Waals surface area contributed by atoms with Gasteiger partial charge in [0.1, 0.15) is 0 Å². The van der Waals surface area contributed by atoms with Gasteiger partial charge in [-0.15, -0.1) is 0 Å². The Morgan fingerprint density at radius 2 is 1.57 bits per heavy atom. The fraction of sp³-hybridized carbons (Fsp3) is 0.368. The minimum absolute atomic E-state index is 0.128. The van der Waals surface area contributed by atoms with Gasteiger partial charge < -0.3 is 0 Å². The molecule has 0 aliphatic carbocycles. The Hall–Kier alpha value is -1.64. The van der Waals surface area contributed by atoms with Crippen LogP contribution in [0.1, 0.15) is 48.9 Å². The maximum Gasteiger partial charge on any atom is 0.0531 e. The SMILES string of the molecule is CCC(C)C(c1ccccc1)C(NN)c1ccc(C)cc1. The van der Waals surface area contributed by atoms with Crippen LogP contribution in [0.15, 0.2) is 54.6 Å². The van der Waals surface area contributed by atoms with Crippen molar-refractivity contribution in [1.29, 1.82) is 0 Å². The quantitative estimate of drug-likeness (QED) is 0.611. The third-order valence-electron chi connectivity index (χ3n) is 4.42. The van der Waals surface area contributed by atoms with E-state index >= 15 is 0 Å². The van der Waals surface area contributed by atoms with Crippen LogP contribution in [0, 0.1) is 12.8 Å². The number of benzene rings is 2. The van der Waals surface area contributed by atoms with Gasteiger partial charge in [0.05, 0.1) is 6.04 Å². The summed E-state index contributed by atoms with van der Waals surface area (Å²) in [5.41, 5.74) is 6.91. The van der Waals surface area contributed by atoms with E-state index in [0.29, 0.717) is 11.8 Å². The fourth-order valence-corrected chi connectivity index (χ4v) is 2.96. The Morgan fingerprint density at radius 3 is 2.10 bits per heavy atom. The van der Waals surface area contributed by atoms with Crippen LogP contribution in [0.4, 0.5) is 0 Å². The molecule has 2 aromatic carbocycles. The van der Waals surface area contributed by atoms with Crippen LogP contribution in [0.25, 0.3) is 0 Å². The monoisotopic (exact) mass is 282 g/mol. The van der Waals surface area contributed by atoms with Gasteiger partial charge in [0.15, 0.2) is 0 Å². The zero-order valence-corrected chi connectivity index (χ0v) is 13.2. The standard InChI is InChI=1S/C19H26N2/c1-4-15(3)18(16-8-6-5-7-9-16)19(21-20)17-12-10-14(2)11-13-17/h5-13,15,18-19,21H,4,20H2,1-3H3. The van der Waals surface area contributed by atoms with E-state index in [1.807, 2.05) is 0 Å². The molecule has 2 aromatic rings. The second kappa shape index (κ2) is 7.39. The average molecular weight is 282 g/mol. The summed E-state index contributed by atoms with van der Waals surface area (Å²) in [6.45, 7) is 6.65. The highest BCUT2D eigenvalue weighted by molar-refractivity contribution is 5.30. The number of hydrogen-bond donors (Lipinski definition) is 2. The summed E-state index contributed by atoms with van der Waals surface area (Å²) in [6.07, 6.45) is 1.13. The molecule has 0 heterocycles. The second-order valence-corrected chi connectivity index (χ2v) is 5.88. The molecule has 2 nitrogen and oxygen atoms in total. The van der Waals surface area contributed by atoms with Gasteiger partial charge in [0.2, 0.25) is 0 Å². The maximum absolute atomic E-state index is 5.92. The molecule has 3 unspecified atom stereocenters. The van der Waals surface area contributed by atoms with E-state index < -0.39 is 0 Å². The Bertz CT molecular complexity index is 533. The minimum Gasteiger partial charge on any atom is -0.271 e. The molecule has 2 heteroatoms. The van der Waals surface area contributed by atoms with Crippen LogP contribution in [0.3, 0.4) is 0 Å². The summed E-state index contributed by atoms with van der Waals surface area (Å²) in [5, 5.41) is 0. The molecule has 0 saturated carbocycles. The lowest BCUT2D eigenvalue weighted by Crippen LogP contribution is -2.35. The van der Waals surface area contributed by atoms with Crippen molar-refractivity contribution in [2.24, 2.45) is 11.8 Å². The lowest BCUT2D eigenvalue weighted by molar-refractivity contribution is 0.343. The molecule has 0 aliphatic heterocycles. The summed E-state index contributed by atoms with van der Waals surface area (Å²) in [4.78, 5) is 0. The summed E-state index contributed by atoms with van der Waals surface area (Å²) < 4.78 is 0. The predicted octanol–water partition coefficient (Wildman–Crippen LogP) is 4.33. The first kappa shape index (κ1) is 15.7. The van der Waals surface area contributed by atoms with Crippen LogP contribution in [0.5, 0.6) is 0 Å². The lowest BCUT2D eigenvalue weighted by atomic mass is 9.78. The smallest absolute Gasteiger partial charge is 0.0531 e. The van der Waals surface area contributed by atoms with Crippen molar-refractivity contribution in [3.05, 3.63) is 71.3 Å². The predicted molar refractivity (Wildman–Crippen MR) is 89.9 cm³/mol. The van der Waals surface area contributed by atoms with E-state index in [9.17, 15) is 0 Å². The van der Waals surface area contributed by atoms with Crippen molar-refractivity contribution >= 4 is 0 Å². The molecular formula is C19H26N2. The summed E-state index contributed by atoms with van der Waals surface area (Å²) in [7, 11) is 0. The summed E-state index contributed by atoms with van der Waals surface area (Å²) in [6, 6.07) is 19.5. The van der Waals surface area contributed by atoms with E-state index in [2.05, 4.69) is 80.8 Å². The van der Waals surface area contributed by atoms with Gasteiger partial charge in [-0.05, 0) is 24.0 Å². The van der Waals surface area contributed by atoms with Crippen LogP contribution in [-0.4, -0.2) is 0 Å². The molecule has 0 fully saturated rings. The van der Waals surface area contributed by atoms with E-state index in [-0.39, 0.29) is 6.04 Å². The second-order valence-electron chi connectivity index (χ2n) is 5.88. The van der Waals surface area contributed by atoms with Gasteiger partial charge in [-0.25, -0.2) is 0 Å². The first-order valence-corrected chi connectivity index (χ1v) is 7.75. The van der Waals surface area contributed by atoms with Crippen LogP contribution >= 0.6 is 0 Å². The molecule has 0 spiro atoms. The number of aryl methyl sites for hydroxylation is 1. The van der Waals surface area contributed by atoms with Gasteiger partial charge in [-0.2, -0.15) is 0 Å². The molecule has 0 amide bonds. The van der Waals surface area contributed by atoms with Crippen molar-refractivity contribution in [3.63, 3.8) is 0 Å². The number of hydrogen-bond acceptors (Lipinski definition) is 2. The van der Waals surface area contributed by atoms with Crippen molar-refractivity contribution in [2.75, 3.05) is 0 Å². The lowest BCUT2D eigenvalue weighted by Gasteiger charge is -2.32. The number of nitrogens with two attached hydrogens (primary N) is 1. The molecule has 0 aromatic heterocycles. The Morgan fingerprint density at radius 1 is 0.952 bits per heavy atom. The van der Waals surface area contributed by atoms with Gasteiger partial charge in [-0.3, -0.25) is 11.3 Å². The number of nitrogens with one attached hydrogen (secondary N) is 1. The topological polar surface area (TPSA) is 38.0 Å². The van der Waals surface area contributed by atoms with Gasteiger partial charge in [-0.1, -0.05) is 80.4 Å². The van der Waals surface area contributed by atoms with E-state index in [1.165, 1.54) is 16.7 Å². The maximum atomic E-state index is 5.92. The van der Waals surface area contributed by atoms with E-state index in [0.717, 1.165) is 6.42 Å². The highest BCUT2D eigenvalue weighted by atomic mass is 15.2.